The van der Waals surface area contributed by atoms with Crippen LogP contribution in [0.15, 0.2) is 17.6 Å². The van der Waals surface area contributed by atoms with Crippen molar-refractivity contribution < 1.29 is 0 Å². The van der Waals surface area contributed by atoms with Crippen LogP contribution in [-0.2, 0) is 6.42 Å². The molecule has 2 aromatic rings. The van der Waals surface area contributed by atoms with Crippen LogP contribution in [0.2, 0.25) is 5.15 Å². The van der Waals surface area contributed by atoms with Crippen molar-refractivity contribution in [3.63, 3.8) is 0 Å². The molecule has 80 valence electrons. The first-order valence-corrected chi connectivity index (χ1v) is 6.07. The van der Waals surface area contributed by atoms with Gasteiger partial charge in [-0.05, 0) is 18.4 Å². The fourth-order valence-electron chi connectivity index (χ4n) is 1.38. The molecule has 5 heteroatoms. The topological polar surface area (TPSA) is 30.7 Å². The molecule has 3 nitrogen and oxygen atoms in total. The van der Waals surface area contributed by atoms with E-state index in [0.717, 1.165) is 17.2 Å². The summed E-state index contributed by atoms with van der Waals surface area (Å²) in [5, 5.41) is 7.78. The van der Waals surface area contributed by atoms with Gasteiger partial charge in [-0.2, -0.15) is 9.78 Å². The second-order valence-corrected chi connectivity index (χ2v) is 5.04. The molecule has 0 N–H and O–H groups in total. The van der Waals surface area contributed by atoms with Gasteiger partial charge in [0.15, 0.2) is 0 Å². The van der Waals surface area contributed by atoms with Crippen LogP contribution >= 0.6 is 22.9 Å². The van der Waals surface area contributed by atoms with Crippen LogP contribution in [0.5, 0.6) is 0 Å². The van der Waals surface area contributed by atoms with Gasteiger partial charge in [0.2, 0.25) is 5.13 Å². The molecule has 2 aromatic heterocycles. The van der Waals surface area contributed by atoms with Gasteiger partial charge in [-0.1, -0.05) is 25.4 Å². The normalized spacial score (nSPS) is 11.2. The van der Waals surface area contributed by atoms with Crippen LogP contribution in [0, 0.1) is 5.92 Å². The molecule has 2 heterocycles. The number of nitrogens with zero attached hydrogens (tertiary/aromatic N) is 3. The van der Waals surface area contributed by atoms with Crippen LogP contribution in [0.1, 0.15) is 19.5 Å². The monoisotopic (exact) mass is 241 g/mol. The molecule has 0 aliphatic rings. The van der Waals surface area contributed by atoms with Gasteiger partial charge < -0.3 is 0 Å². The SMILES string of the molecule is CC(C)Cc1cc(Cl)n(-c2nccs2)n1. The van der Waals surface area contributed by atoms with Crippen molar-refractivity contribution >= 4 is 22.9 Å². The highest BCUT2D eigenvalue weighted by molar-refractivity contribution is 7.12. The molecule has 0 bridgehead atoms. The van der Waals surface area contributed by atoms with Crippen molar-refractivity contribution in [2.75, 3.05) is 0 Å². The maximum absolute atomic E-state index is 6.09. The summed E-state index contributed by atoms with van der Waals surface area (Å²) in [6, 6.07) is 1.91. The van der Waals surface area contributed by atoms with Crippen molar-refractivity contribution in [2.45, 2.75) is 20.3 Å². The third kappa shape index (κ3) is 2.38. The Morgan fingerprint density at radius 3 is 2.93 bits per heavy atom. The maximum Gasteiger partial charge on any atom is 0.211 e. The third-order valence-electron chi connectivity index (χ3n) is 1.93. The number of halogens is 1. The fraction of sp³-hybridized carbons (Fsp3) is 0.400. The number of aromatic nitrogens is 3. The number of rotatable bonds is 3. The maximum atomic E-state index is 6.09. The molecule has 0 atom stereocenters. The van der Waals surface area contributed by atoms with Crippen molar-refractivity contribution in [1.82, 2.24) is 14.8 Å². The molecule has 0 fully saturated rings. The largest absolute Gasteiger partial charge is 0.227 e. The summed E-state index contributed by atoms with van der Waals surface area (Å²) < 4.78 is 1.68. The number of hydrogen-bond acceptors (Lipinski definition) is 3. The molecular weight excluding hydrogens is 230 g/mol. The van der Waals surface area contributed by atoms with E-state index < -0.39 is 0 Å². The Morgan fingerprint density at radius 1 is 1.53 bits per heavy atom. The lowest BCUT2D eigenvalue weighted by atomic mass is 10.1. The first kappa shape index (κ1) is 10.6. The van der Waals surface area contributed by atoms with E-state index in [0.29, 0.717) is 11.1 Å². The van der Waals surface area contributed by atoms with E-state index in [4.69, 9.17) is 11.6 Å². The van der Waals surface area contributed by atoms with E-state index in [-0.39, 0.29) is 0 Å². The molecule has 0 saturated carbocycles. The second kappa shape index (κ2) is 4.33. The molecule has 0 unspecified atom stereocenters. The van der Waals surface area contributed by atoms with Crippen molar-refractivity contribution in [1.29, 1.82) is 0 Å². The van der Waals surface area contributed by atoms with Crippen molar-refractivity contribution in [3.8, 4) is 5.13 Å². The summed E-state index contributed by atoms with van der Waals surface area (Å²) >= 11 is 7.61. The lowest BCUT2D eigenvalue weighted by Crippen LogP contribution is -1.99. The van der Waals surface area contributed by atoms with Gasteiger partial charge in [0, 0.05) is 11.6 Å². The molecule has 2 rings (SSSR count). The summed E-state index contributed by atoms with van der Waals surface area (Å²) in [5.41, 5.74) is 1.02. The minimum Gasteiger partial charge on any atom is -0.227 e. The van der Waals surface area contributed by atoms with Gasteiger partial charge in [-0.3, -0.25) is 0 Å². The number of hydrogen-bond donors (Lipinski definition) is 0. The predicted octanol–water partition coefficient (Wildman–Crippen LogP) is 3.18. The lowest BCUT2D eigenvalue weighted by Gasteiger charge is -1.99. The van der Waals surface area contributed by atoms with Crippen molar-refractivity contribution in [2.24, 2.45) is 5.92 Å². The summed E-state index contributed by atoms with van der Waals surface area (Å²) in [4.78, 5) is 4.17. The second-order valence-electron chi connectivity index (χ2n) is 3.78. The quantitative estimate of drug-likeness (QED) is 0.826. The van der Waals surface area contributed by atoms with Crippen LogP contribution < -0.4 is 0 Å². The summed E-state index contributed by atoms with van der Waals surface area (Å²) in [7, 11) is 0. The molecule has 0 saturated heterocycles. The van der Waals surface area contributed by atoms with E-state index in [2.05, 4.69) is 23.9 Å². The van der Waals surface area contributed by atoms with Gasteiger partial charge in [0.25, 0.3) is 0 Å². The average molecular weight is 242 g/mol. The van der Waals surface area contributed by atoms with Crippen LogP contribution in [-0.4, -0.2) is 14.8 Å². The average Bonchev–Trinajstić information content (AvgIpc) is 2.72. The molecular formula is C10H12ClN3S. The Hall–Kier alpha value is -0.870. The molecule has 0 aliphatic heterocycles. The van der Waals surface area contributed by atoms with Crippen LogP contribution in [0.4, 0.5) is 0 Å². The Kier molecular flexibility index (Phi) is 3.07. The van der Waals surface area contributed by atoms with E-state index in [1.807, 2.05) is 11.4 Å². The number of thiazole rings is 1. The standard InChI is InChI=1S/C10H12ClN3S/c1-7(2)5-8-6-9(11)14(13-8)10-12-3-4-15-10/h3-4,6-7H,5H2,1-2H3. The Labute approximate surface area is 97.7 Å². The van der Waals surface area contributed by atoms with Gasteiger partial charge >= 0.3 is 0 Å². The van der Waals surface area contributed by atoms with Crippen molar-refractivity contribution in [3.05, 3.63) is 28.5 Å². The fourth-order valence-corrected chi connectivity index (χ4v) is 2.27. The molecule has 0 aliphatic carbocycles. The predicted molar refractivity (Wildman–Crippen MR) is 62.8 cm³/mol. The molecule has 0 radical (unpaired) electrons. The summed E-state index contributed by atoms with van der Waals surface area (Å²) in [6.45, 7) is 4.33. The van der Waals surface area contributed by atoms with E-state index in [1.165, 1.54) is 11.3 Å². The first-order valence-electron chi connectivity index (χ1n) is 4.81. The smallest absolute Gasteiger partial charge is 0.211 e. The first-order chi connectivity index (χ1) is 7.16. The molecule has 0 aromatic carbocycles. The lowest BCUT2D eigenvalue weighted by molar-refractivity contribution is 0.628. The van der Waals surface area contributed by atoms with E-state index in [9.17, 15) is 0 Å². The molecule has 0 amide bonds. The zero-order valence-corrected chi connectivity index (χ0v) is 10.2. The van der Waals surface area contributed by atoms with E-state index >= 15 is 0 Å². The molecule has 0 spiro atoms. The summed E-state index contributed by atoms with van der Waals surface area (Å²) in [5.74, 6) is 0.584. The highest BCUT2D eigenvalue weighted by Crippen LogP contribution is 2.20. The van der Waals surface area contributed by atoms with Gasteiger partial charge in [0.05, 0.1) is 5.69 Å². The van der Waals surface area contributed by atoms with Gasteiger partial charge in [-0.15, -0.1) is 11.3 Å². The zero-order chi connectivity index (χ0) is 10.8. The highest BCUT2D eigenvalue weighted by atomic mass is 35.5. The van der Waals surface area contributed by atoms with Gasteiger partial charge in [-0.25, -0.2) is 4.98 Å². The third-order valence-corrected chi connectivity index (χ3v) is 2.95. The Morgan fingerprint density at radius 2 is 2.33 bits per heavy atom. The Bertz CT molecular complexity index is 433. The van der Waals surface area contributed by atoms with E-state index in [1.54, 1.807) is 10.9 Å². The zero-order valence-electron chi connectivity index (χ0n) is 8.64. The van der Waals surface area contributed by atoms with Crippen LogP contribution in [0.3, 0.4) is 0 Å². The summed E-state index contributed by atoms with van der Waals surface area (Å²) in [6.07, 6.45) is 2.69. The Balaban J connectivity index is 2.30. The van der Waals surface area contributed by atoms with Gasteiger partial charge in [0.1, 0.15) is 5.15 Å². The minimum atomic E-state index is 0.584. The van der Waals surface area contributed by atoms with Crippen LogP contribution in [0.25, 0.3) is 5.13 Å². The molecule has 15 heavy (non-hydrogen) atoms. The highest BCUT2D eigenvalue weighted by Gasteiger charge is 2.10. The minimum absolute atomic E-state index is 0.584.